The molecule has 2 heterocycles. The number of carbonyl (C=O) groups excluding carboxylic acids is 2. The number of hydrogen-bond donors (Lipinski definition) is 3. The number of H-pyrrole nitrogens is 1. The fraction of sp³-hybridized carbons (Fsp3) is 0.130. The number of hydrogen-bond acceptors (Lipinski definition) is 6. The van der Waals surface area contributed by atoms with Crippen LogP contribution in [0, 0.1) is 10.1 Å². The molecule has 0 aliphatic heterocycles. The fourth-order valence-corrected chi connectivity index (χ4v) is 3.25. The Morgan fingerprint density at radius 3 is 2.42 bits per heavy atom. The van der Waals surface area contributed by atoms with Gasteiger partial charge in [0.05, 0.1) is 16.0 Å². The van der Waals surface area contributed by atoms with E-state index >= 15 is 0 Å². The SMILES string of the molecule is C.NC(=O)[C@H](Cc1ccc([N+](=O)[O-])cc1)NC(=O)c1ccc2nc(-c3ccncc3)[nH]c2c1. The number of nitrogens with two attached hydrogens (primary N) is 1. The summed E-state index contributed by atoms with van der Waals surface area (Å²) in [5, 5.41) is 13.4. The summed E-state index contributed by atoms with van der Waals surface area (Å²) in [5.41, 5.74) is 8.57. The lowest BCUT2D eigenvalue weighted by molar-refractivity contribution is -0.384. The summed E-state index contributed by atoms with van der Waals surface area (Å²) in [7, 11) is 0. The molecule has 33 heavy (non-hydrogen) atoms. The lowest BCUT2D eigenvalue weighted by Crippen LogP contribution is -2.45. The number of nitro groups is 1. The molecule has 0 aliphatic rings. The maximum Gasteiger partial charge on any atom is 0.269 e. The molecule has 4 aromatic rings. The highest BCUT2D eigenvalue weighted by Crippen LogP contribution is 2.21. The maximum atomic E-state index is 12.8. The van der Waals surface area contributed by atoms with Crippen LogP contribution < -0.4 is 11.1 Å². The number of carbonyl (C=O) groups is 2. The smallest absolute Gasteiger partial charge is 0.269 e. The Morgan fingerprint density at radius 2 is 1.79 bits per heavy atom. The number of pyridine rings is 1. The van der Waals surface area contributed by atoms with Gasteiger partial charge in [-0.15, -0.1) is 0 Å². The lowest BCUT2D eigenvalue weighted by atomic mass is 10.0. The number of non-ortho nitro benzene ring substituents is 1. The van der Waals surface area contributed by atoms with Gasteiger partial charge in [-0.1, -0.05) is 19.6 Å². The molecule has 2 amide bonds. The van der Waals surface area contributed by atoms with E-state index in [1.807, 2.05) is 12.1 Å². The summed E-state index contributed by atoms with van der Waals surface area (Å²) in [4.78, 5) is 46.6. The average Bonchev–Trinajstić information content (AvgIpc) is 3.23. The predicted octanol–water partition coefficient (Wildman–Crippen LogP) is 3.00. The van der Waals surface area contributed by atoms with Crippen LogP contribution in [0.25, 0.3) is 22.4 Å². The summed E-state index contributed by atoms with van der Waals surface area (Å²) in [5.74, 6) is -0.537. The summed E-state index contributed by atoms with van der Waals surface area (Å²) in [6.45, 7) is 0. The van der Waals surface area contributed by atoms with Crippen molar-refractivity contribution < 1.29 is 14.5 Å². The second-order valence-corrected chi connectivity index (χ2v) is 7.11. The molecule has 0 radical (unpaired) electrons. The number of aromatic nitrogens is 3. The molecule has 1 atom stereocenters. The molecule has 2 aromatic carbocycles. The summed E-state index contributed by atoms with van der Waals surface area (Å²) >= 11 is 0. The van der Waals surface area contributed by atoms with Gasteiger partial charge in [-0.25, -0.2) is 4.98 Å². The molecule has 10 nitrogen and oxygen atoms in total. The minimum atomic E-state index is -0.978. The van der Waals surface area contributed by atoms with E-state index in [-0.39, 0.29) is 19.5 Å². The first-order valence-corrected chi connectivity index (χ1v) is 9.64. The number of fused-ring (bicyclic) bond motifs is 1. The van der Waals surface area contributed by atoms with Crippen LogP contribution in [0.2, 0.25) is 0 Å². The Morgan fingerprint density at radius 1 is 1.09 bits per heavy atom. The van der Waals surface area contributed by atoms with Crippen molar-refractivity contribution in [3.63, 3.8) is 0 Å². The van der Waals surface area contributed by atoms with E-state index in [1.165, 1.54) is 24.3 Å². The molecule has 0 fully saturated rings. The zero-order chi connectivity index (χ0) is 22.7. The summed E-state index contributed by atoms with van der Waals surface area (Å²) < 4.78 is 0. The van der Waals surface area contributed by atoms with Crippen molar-refractivity contribution in [2.24, 2.45) is 5.73 Å². The van der Waals surface area contributed by atoms with Crippen LogP contribution in [-0.4, -0.2) is 37.7 Å². The number of imidazole rings is 1. The summed E-state index contributed by atoms with van der Waals surface area (Å²) in [6, 6.07) is 13.3. The minimum Gasteiger partial charge on any atom is -0.368 e. The van der Waals surface area contributed by atoms with Crippen LogP contribution in [0.3, 0.4) is 0 Å². The van der Waals surface area contributed by atoms with Crippen LogP contribution in [-0.2, 0) is 11.2 Å². The van der Waals surface area contributed by atoms with Crippen LogP contribution in [0.4, 0.5) is 5.69 Å². The molecule has 4 rings (SSSR count). The highest BCUT2D eigenvalue weighted by atomic mass is 16.6. The largest absolute Gasteiger partial charge is 0.368 e. The van der Waals surface area contributed by atoms with Gasteiger partial charge in [0.25, 0.3) is 11.6 Å². The Kier molecular flexibility index (Phi) is 6.77. The number of nitrogens with zero attached hydrogens (tertiary/aromatic N) is 3. The number of amides is 2. The Labute approximate surface area is 189 Å². The second-order valence-electron chi connectivity index (χ2n) is 7.11. The zero-order valence-electron chi connectivity index (χ0n) is 16.7. The molecule has 0 spiro atoms. The molecule has 0 saturated carbocycles. The number of aromatic amines is 1. The average molecular weight is 446 g/mol. The third-order valence-electron chi connectivity index (χ3n) is 4.93. The van der Waals surface area contributed by atoms with Gasteiger partial charge in [0, 0.05) is 42.1 Å². The Bertz CT molecular complexity index is 1300. The first kappa shape index (κ1) is 23.1. The van der Waals surface area contributed by atoms with Gasteiger partial charge in [0.1, 0.15) is 11.9 Å². The van der Waals surface area contributed by atoms with Gasteiger partial charge in [0.2, 0.25) is 5.91 Å². The normalized spacial score (nSPS) is 11.4. The highest BCUT2D eigenvalue weighted by molar-refractivity contribution is 6.00. The van der Waals surface area contributed by atoms with Crippen LogP contribution in [0.15, 0.2) is 67.0 Å². The van der Waals surface area contributed by atoms with Gasteiger partial charge in [-0.2, -0.15) is 0 Å². The van der Waals surface area contributed by atoms with Crippen LogP contribution in [0.1, 0.15) is 23.3 Å². The summed E-state index contributed by atoms with van der Waals surface area (Å²) in [6.07, 6.45) is 3.43. The zero-order valence-corrected chi connectivity index (χ0v) is 16.7. The number of nitrogens with one attached hydrogen (secondary N) is 2. The first-order chi connectivity index (χ1) is 15.4. The van der Waals surface area contributed by atoms with Crippen molar-refractivity contribution in [3.8, 4) is 11.4 Å². The van der Waals surface area contributed by atoms with Crippen molar-refractivity contribution in [1.29, 1.82) is 0 Å². The van der Waals surface area contributed by atoms with E-state index < -0.39 is 22.8 Å². The van der Waals surface area contributed by atoms with Crippen LogP contribution >= 0.6 is 0 Å². The van der Waals surface area contributed by atoms with Gasteiger partial charge in [-0.3, -0.25) is 24.7 Å². The Hall–Kier alpha value is -4.60. The van der Waals surface area contributed by atoms with Gasteiger partial charge in [-0.05, 0) is 35.9 Å². The molecule has 0 bridgehead atoms. The standard InChI is InChI=1S/C22H18N6O4.CH4/c23-20(29)19(11-13-1-4-16(5-2-13)28(31)32)27-22(30)15-3-6-17-18(12-15)26-21(25-17)14-7-9-24-10-8-14;/h1-10,12,19H,11H2,(H2,23,29)(H,25,26)(H,27,30);1H4/t19-;/m0./s1. The van der Waals surface area contributed by atoms with Crippen LogP contribution in [0.5, 0.6) is 0 Å². The van der Waals surface area contributed by atoms with Crippen molar-refractivity contribution >= 4 is 28.5 Å². The molecular formula is C23H22N6O4. The number of rotatable bonds is 7. The first-order valence-electron chi connectivity index (χ1n) is 9.64. The number of primary amides is 1. The van der Waals surface area contributed by atoms with Gasteiger partial charge in [0.15, 0.2) is 0 Å². The molecule has 168 valence electrons. The molecule has 10 heteroatoms. The topological polar surface area (TPSA) is 157 Å². The van der Waals surface area contributed by atoms with E-state index in [1.54, 1.807) is 30.6 Å². The van der Waals surface area contributed by atoms with Gasteiger partial charge < -0.3 is 16.0 Å². The lowest BCUT2D eigenvalue weighted by Gasteiger charge is -2.15. The molecule has 0 saturated heterocycles. The monoisotopic (exact) mass is 446 g/mol. The maximum absolute atomic E-state index is 12.8. The van der Waals surface area contributed by atoms with E-state index in [0.717, 1.165) is 5.56 Å². The third kappa shape index (κ3) is 5.18. The number of benzene rings is 2. The number of nitro benzene ring substituents is 1. The van der Waals surface area contributed by atoms with E-state index in [4.69, 9.17) is 5.73 Å². The second kappa shape index (κ2) is 9.69. The minimum absolute atomic E-state index is 0. The molecule has 0 aliphatic carbocycles. The van der Waals surface area contributed by atoms with Crippen molar-refractivity contribution in [3.05, 3.63) is 88.2 Å². The quantitative estimate of drug-likeness (QED) is 0.292. The molecular weight excluding hydrogens is 424 g/mol. The molecule has 0 unspecified atom stereocenters. The van der Waals surface area contributed by atoms with Crippen molar-refractivity contribution in [2.45, 2.75) is 19.9 Å². The van der Waals surface area contributed by atoms with Gasteiger partial charge >= 0.3 is 0 Å². The highest BCUT2D eigenvalue weighted by Gasteiger charge is 2.20. The molecule has 2 aromatic heterocycles. The predicted molar refractivity (Wildman–Crippen MR) is 123 cm³/mol. The fourth-order valence-electron chi connectivity index (χ4n) is 3.25. The third-order valence-corrected chi connectivity index (χ3v) is 4.93. The van der Waals surface area contributed by atoms with E-state index in [2.05, 4.69) is 20.3 Å². The van der Waals surface area contributed by atoms with E-state index in [0.29, 0.717) is 28.0 Å². The van der Waals surface area contributed by atoms with E-state index in [9.17, 15) is 19.7 Å². The van der Waals surface area contributed by atoms with Crippen molar-refractivity contribution in [2.75, 3.05) is 0 Å². The molecule has 4 N–H and O–H groups in total. The Balaban J connectivity index is 0.00000306. The van der Waals surface area contributed by atoms with Crippen molar-refractivity contribution in [1.82, 2.24) is 20.3 Å².